The topological polar surface area (TPSA) is 51.8 Å². The normalized spacial score (nSPS) is 11.3. The molecule has 0 unspecified atom stereocenters. The Bertz CT molecular complexity index is 1570. The standard InChI is InChI=1S/C27H16ClN3O/c28-27-30-25(18-6-2-1-3-7-18)29-26(31-27)19-12-10-17(11-13-19)20-14-15-24-22(16-20)21-8-4-5-9-23(21)32-24/h1-16H. The second-order valence-electron chi connectivity index (χ2n) is 7.50. The van der Waals surface area contributed by atoms with Gasteiger partial charge in [-0.15, -0.1) is 0 Å². The Morgan fingerprint density at radius 1 is 0.500 bits per heavy atom. The highest BCUT2D eigenvalue weighted by Gasteiger charge is 2.11. The van der Waals surface area contributed by atoms with Gasteiger partial charge in [-0.1, -0.05) is 78.9 Å². The van der Waals surface area contributed by atoms with Gasteiger partial charge in [-0.05, 0) is 40.9 Å². The third-order valence-corrected chi connectivity index (χ3v) is 5.66. The summed E-state index contributed by atoms with van der Waals surface area (Å²) in [6, 6.07) is 32.3. The fourth-order valence-corrected chi connectivity index (χ4v) is 4.07. The van der Waals surface area contributed by atoms with Gasteiger partial charge >= 0.3 is 0 Å². The van der Waals surface area contributed by atoms with Crippen molar-refractivity contribution < 1.29 is 4.42 Å². The highest BCUT2D eigenvalue weighted by Crippen LogP contribution is 2.33. The molecule has 0 bridgehead atoms. The summed E-state index contributed by atoms with van der Waals surface area (Å²) in [5.41, 5.74) is 5.79. The summed E-state index contributed by atoms with van der Waals surface area (Å²) in [7, 11) is 0. The Labute approximate surface area is 189 Å². The number of para-hydroxylation sites is 1. The lowest BCUT2D eigenvalue weighted by Gasteiger charge is -2.06. The van der Waals surface area contributed by atoms with Crippen molar-refractivity contribution >= 4 is 33.5 Å². The first kappa shape index (κ1) is 18.7. The molecule has 5 heteroatoms. The molecule has 0 atom stereocenters. The molecule has 0 fully saturated rings. The number of hydrogen-bond acceptors (Lipinski definition) is 4. The Balaban J connectivity index is 1.38. The lowest BCUT2D eigenvalue weighted by Crippen LogP contribution is -1.97. The van der Waals surface area contributed by atoms with Gasteiger partial charge in [0.2, 0.25) is 5.28 Å². The lowest BCUT2D eigenvalue weighted by molar-refractivity contribution is 0.669. The largest absolute Gasteiger partial charge is 0.456 e. The van der Waals surface area contributed by atoms with E-state index in [0.29, 0.717) is 11.6 Å². The third kappa shape index (κ3) is 3.31. The summed E-state index contributed by atoms with van der Waals surface area (Å²) in [4.78, 5) is 13.2. The minimum Gasteiger partial charge on any atom is -0.456 e. The second-order valence-corrected chi connectivity index (χ2v) is 7.84. The fraction of sp³-hybridized carbons (Fsp3) is 0. The molecule has 0 N–H and O–H groups in total. The van der Waals surface area contributed by atoms with Crippen LogP contribution in [0, 0.1) is 0 Å². The summed E-state index contributed by atoms with van der Waals surface area (Å²) >= 11 is 6.20. The predicted molar refractivity (Wildman–Crippen MR) is 128 cm³/mol. The Morgan fingerprint density at radius 3 is 1.88 bits per heavy atom. The van der Waals surface area contributed by atoms with Gasteiger partial charge in [-0.3, -0.25) is 0 Å². The summed E-state index contributed by atoms with van der Waals surface area (Å²) in [5.74, 6) is 1.11. The molecule has 2 aromatic heterocycles. The molecule has 4 aromatic carbocycles. The van der Waals surface area contributed by atoms with E-state index in [1.807, 2.05) is 66.7 Å². The maximum atomic E-state index is 6.20. The van der Waals surface area contributed by atoms with Crippen molar-refractivity contribution in [1.29, 1.82) is 0 Å². The van der Waals surface area contributed by atoms with Gasteiger partial charge in [0.1, 0.15) is 11.2 Å². The smallest absolute Gasteiger partial charge is 0.226 e. The maximum Gasteiger partial charge on any atom is 0.226 e. The summed E-state index contributed by atoms with van der Waals surface area (Å²) in [5, 5.41) is 2.41. The molecule has 2 heterocycles. The fourth-order valence-electron chi connectivity index (χ4n) is 3.91. The van der Waals surface area contributed by atoms with E-state index in [0.717, 1.165) is 44.2 Å². The van der Waals surface area contributed by atoms with E-state index in [1.165, 1.54) is 0 Å². The van der Waals surface area contributed by atoms with E-state index in [2.05, 4.69) is 45.3 Å². The minimum atomic E-state index is 0.176. The van der Waals surface area contributed by atoms with E-state index in [4.69, 9.17) is 16.0 Å². The van der Waals surface area contributed by atoms with Gasteiger partial charge in [-0.25, -0.2) is 4.98 Å². The number of halogens is 1. The lowest BCUT2D eigenvalue weighted by atomic mass is 10.0. The second kappa shape index (κ2) is 7.59. The minimum absolute atomic E-state index is 0.176. The number of hydrogen-bond donors (Lipinski definition) is 0. The van der Waals surface area contributed by atoms with Crippen LogP contribution in [0.2, 0.25) is 5.28 Å². The number of fused-ring (bicyclic) bond motifs is 3. The van der Waals surface area contributed by atoms with Gasteiger partial charge in [0.15, 0.2) is 11.6 Å². The number of furan rings is 1. The van der Waals surface area contributed by atoms with E-state index in [1.54, 1.807) is 0 Å². The summed E-state index contributed by atoms with van der Waals surface area (Å²) in [6.07, 6.45) is 0. The van der Waals surface area contributed by atoms with Crippen molar-refractivity contribution in [1.82, 2.24) is 15.0 Å². The van der Waals surface area contributed by atoms with Crippen LogP contribution in [0.3, 0.4) is 0 Å². The molecule has 0 amide bonds. The summed E-state index contributed by atoms with van der Waals surface area (Å²) in [6.45, 7) is 0. The molecule has 0 saturated carbocycles. The van der Waals surface area contributed by atoms with Gasteiger partial charge in [0, 0.05) is 21.9 Å². The number of nitrogens with zero attached hydrogens (tertiary/aromatic N) is 3. The molecular formula is C27H16ClN3O. The van der Waals surface area contributed by atoms with Crippen LogP contribution in [0.4, 0.5) is 0 Å². The van der Waals surface area contributed by atoms with E-state index < -0.39 is 0 Å². The SMILES string of the molecule is Clc1nc(-c2ccccc2)nc(-c2ccc(-c3ccc4oc5ccccc5c4c3)cc2)n1. The number of benzene rings is 4. The average Bonchev–Trinajstić information content (AvgIpc) is 3.22. The molecular weight excluding hydrogens is 418 g/mol. The van der Waals surface area contributed by atoms with Gasteiger partial charge in [0.05, 0.1) is 0 Å². The number of aromatic nitrogens is 3. The average molecular weight is 434 g/mol. The van der Waals surface area contributed by atoms with Gasteiger partial charge in [0.25, 0.3) is 0 Å². The first-order valence-corrected chi connectivity index (χ1v) is 10.6. The Hall–Kier alpha value is -4.02. The molecule has 0 radical (unpaired) electrons. The first-order chi connectivity index (χ1) is 15.7. The molecule has 0 spiro atoms. The van der Waals surface area contributed by atoms with E-state index in [9.17, 15) is 0 Å². The predicted octanol–water partition coefficient (Wildman–Crippen LogP) is 7.43. The highest BCUT2D eigenvalue weighted by atomic mass is 35.5. The van der Waals surface area contributed by atoms with Crippen LogP contribution in [0.5, 0.6) is 0 Å². The zero-order valence-corrected chi connectivity index (χ0v) is 17.6. The molecule has 32 heavy (non-hydrogen) atoms. The van der Waals surface area contributed by atoms with Crippen LogP contribution in [0.15, 0.2) is 101 Å². The van der Waals surface area contributed by atoms with Crippen LogP contribution >= 0.6 is 11.6 Å². The third-order valence-electron chi connectivity index (χ3n) is 5.49. The molecule has 6 rings (SSSR count). The van der Waals surface area contributed by atoms with Crippen LogP contribution in [0.1, 0.15) is 0 Å². The highest BCUT2D eigenvalue weighted by molar-refractivity contribution is 6.28. The van der Waals surface area contributed by atoms with E-state index in [-0.39, 0.29) is 5.28 Å². The van der Waals surface area contributed by atoms with Crippen LogP contribution in [-0.2, 0) is 0 Å². The van der Waals surface area contributed by atoms with Crippen molar-refractivity contribution in [2.45, 2.75) is 0 Å². The Kier molecular flexibility index (Phi) is 4.44. The van der Waals surface area contributed by atoms with E-state index >= 15 is 0 Å². The monoisotopic (exact) mass is 433 g/mol. The van der Waals surface area contributed by atoms with Crippen molar-refractivity contribution in [3.63, 3.8) is 0 Å². The molecule has 0 aliphatic heterocycles. The summed E-state index contributed by atoms with van der Waals surface area (Å²) < 4.78 is 5.94. The molecule has 152 valence electrons. The van der Waals surface area contributed by atoms with Gasteiger partial charge < -0.3 is 4.42 Å². The first-order valence-electron chi connectivity index (χ1n) is 10.2. The molecule has 0 saturated heterocycles. The Morgan fingerprint density at radius 2 is 1.09 bits per heavy atom. The van der Waals surface area contributed by atoms with Crippen LogP contribution in [0.25, 0.3) is 55.8 Å². The van der Waals surface area contributed by atoms with Crippen molar-refractivity contribution in [3.05, 3.63) is 102 Å². The van der Waals surface area contributed by atoms with Crippen molar-refractivity contribution in [2.75, 3.05) is 0 Å². The van der Waals surface area contributed by atoms with Crippen molar-refractivity contribution in [2.24, 2.45) is 0 Å². The van der Waals surface area contributed by atoms with Crippen LogP contribution in [-0.4, -0.2) is 15.0 Å². The maximum absolute atomic E-state index is 6.20. The number of rotatable bonds is 3. The molecule has 4 nitrogen and oxygen atoms in total. The van der Waals surface area contributed by atoms with Crippen LogP contribution < -0.4 is 0 Å². The van der Waals surface area contributed by atoms with Gasteiger partial charge in [-0.2, -0.15) is 9.97 Å². The molecule has 0 aliphatic carbocycles. The van der Waals surface area contributed by atoms with Crippen molar-refractivity contribution in [3.8, 4) is 33.9 Å². The zero-order chi connectivity index (χ0) is 21.5. The zero-order valence-electron chi connectivity index (χ0n) is 16.9. The molecule has 0 aliphatic rings. The molecule has 6 aromatic rings. The quantitative estimate of drug-likeness (QED) is 0.291.